The molecule has 1 saturated heterocycles. The molecule has 2 aliphatic carbocycles. The smallest absolute Gasteiger partial charge is 0.245 e. The third kappa shape index (κ3) is 2.55. The van der Waals surface area contributed by atoms with Gasteiger partial charge in [0.1, 0.15) is 0 Å². The Balaban J connectivity index is 1.37. The highest BCUT2D eigenvalue weighted by Gasteiger charge is 2.45. The van der Waals surface area contributed by atoms with Gasteiger partial charge in [0.25, 0.3) is 0 Å². The number of hydrogen-bond donors (Lipinski definition) is 0. The van der Waals surface area contributed by atoms with Crippen LogP contribution in [0.3, 0.4) is 0 Å². The molecule has 0 bridgehead atoms. The lowest BCUT2D eigenvalue weighted by Gasteiger charge is -2.22. The van der Waals surface area contributed by atoms with Crippen molar-refractivity contribution in [3.63, 3.8) is 0 Å². The van der Waals surface area contributed by atoms with Crippen molar-refractivity contribution < 1.29 is 0 Å². The Kier molecular flexibility index (Phi) is 3.18. The first-order valence-electron chi connectivity index (χ1n) is 8.74. The molecule has 6 nitrogen and oxygen atoms in total. The maximum Gasteiger partial charge on any atom is 0.245 e. The first-order valence-corrected chi connectivity index (χ1v) is 9.62. The summed E-state index contributed by atoms with van der Waals surface area (Å²) in [5, 5.41) is 16.2. The van der Waals surface area contributed by atoms with Crippen LogP contribution in [-0.2, 0) is 0 Å². The van der Waals surface area contributed by atoms with Gasteiger partial charge in [-0.15, -0.1) is 11.3 Å². The number of hydrogen-bond acceptors (Lipinski definition) is 6. The summed E-state index contributed by atoms with van der Waals surface area (Å²) >= 11 is 1.79. The summed E-state index contributed by atoms with van der Waals surface area (Å²) < 4.78 is 2.16. The van der Waals surface area contributed by atoms with E-state index in [1.165, 1.54) is 30.7 Å². The number of aryl methyl sites for hydroxylation is 1. The highest BCUT2D eigenvalue weighted by Crippen LogP contribution is 2.52. The molecule has 0 aromatic carbocycles. The minimum atomic E-state index is 0.527. The van der Waals surface area contributed by atoms with Crippen LogP contribution in [0.4, 0.5) is 5.95 Å². The van der Waals surface area contributed by atoms with Crippen LogP contribution in [0.5, 0.6) is 0 Å². The molecule has 0 radical (unpaired) electrons. The molecule has 2 aromatic rings. The Morgan fingerprint density at radius 1 is 1.17 bits per heavy atom. The Bertz CT molecular complexity index is 689. The molecule has 0 amide bonds. The first-order chi connectivity index (χ1) is 11.3. The van der Waals surface area contributed by atoms with Gasteiger partial charge in [0.05, 0.1) is 11.0 Å². The minimum absolute atomic E-state index is 0.527. The third-order valence-corrected chi connectivity index (χ3v) is 6.55. The average molecular weight is 330 g/mol. The molecule has 1 unspecified atom stereocenters. The van der Waals surface area contributed by atoms with E-state index in [2.05, 4.69) is 42.4 Å². The quantitative estimate of drug-likeness (QED) is 0.843. The van der Waals surface area contributed by atoms with E-state index >= 15 is 0 Å². The van der Waals surface area contributed by atoms with E-state index in [0.29, 0.717) is 12.0 Å². The molecule has 3 aliphatic rings. The van der Waals surface area contributed by atoms with E-state index in [1.54, 1.807) is 11.3 Å². The summed E-state index contributed by atoms with van der Waals surface area (Å²) in [5.41, 5.74) is 1.14. The second-order valence-corrected chi connectivity index (χ2v) is 8.24. The van der Waals surface area contributed by atoms with E-state index < -0.39 is 0 Å². The molecule has 3 heterocycles. The van der Waals surface area contributed by atoms with Gasteiger partial charge in [-0.1, -0.05) is 5.10 Å². The molecular formula is C16H22N6S. The molecule has 23 heavy (non-hydrogen) atoms. The van der Waals surface area contributed by atoms with Crippen LogP contribution in [0.2, 0.25) is 0 Å². The van der Waals surface area contributed by atoms with E-state index in [9.17, 15) is 0 Å². The Morgan fingerprint density at radius 3 is 2.61 bits per heavy atom. The number of thiazole rings is 1. The number of nitrogens with zero attached hydrogens (tertiary/aromatic N) is 6. The lowest BCUT2D eigenvalue weighted by molar-refractivity contribution is 0.354. The zero-order chi connectivity index (χ0) is 15.4. The SMILES string of the molecule is Cc1csc(C2CCN(c3nnnn3C(C3CC3)C3CC3)C2)n1. The molecule has 1 aliphatic heterocycles. The van der Waals surface area contributed by atoms with Crippen molar-refractivity contribution in [2.75, 3.05) is 18.0 Å². The highest BCUT2D eigenvalue weighted by atomic mass is 32.1. The monoisotopic (exact) mass is 330 g/mol. The van der Waals surface area contributed by atoms with Crippen LogP contribution in [-0.4, -0.2) is 38.3 Å². The molecule has 2 saturated carbocycles. The second-order valence-electron chi connectivity index (χ2n) is 7.35. The van der Waals surface area contributed by atoms with Gasteiger partial charge in [-0.25, -0.2) is 9.67 Å². The molecular weight excluding hydrogens is 308 g/mol. The van der Waals surface area contributed by atoms with Crippen molar-refractivity contribution in [1.82, 2.24) is 25.2 Å². The van der Waals surface area contributed by atoms with Crippen molar-refractivity contribution in [1.29, 1.82) is 0 Å². The lowest BCUT2D eigenvalue weighted by Crippen LogP contribution is -2.27. The zero-order valence-corrected chi connectivity index (χ0v) is 14.2. The summed E-state index contributed by atoms with van der Waals surface area (Å²) in [5.74, 6) is 3.14. The maximum absolute atomic E-state index is 4.68. The molecule has 122 valence electrons. The van der Waals surface area contributed by atoms with E-state index in [4.69, 9.17) is 0 Å². The summed E-state index contributed by atoms with van der Waals surface area (Å²) in [4.78, 5) is 7.05. The third-order valence-electron chi connectivity index (χ3n) is 5.42. The summed E-state index contributed by atoms with van der Waals surface area (Å²) in [7, 11) is 0. The van der Waals surface area contributed by atoms with Crippen molar-refractivity contribution in [2.24, 2.45) is 11.8 Å². The van der Waals surface area contributed by atoms with Crippen molar-refractivity contribution in [3.05, 3.63) is 16.1 Å². The predicted octanol–water partition coefficient (Wildman–Crippen LogP) is 2.79. The first kappa shape index (κ1) is 13.9. The topological polar surface area (TPSA) is 59.7 Å². The van der Waals surface area contributed by atoms with Gasteiger partial charge in [-0.2, -0.15) is 0 Å². The van der Waals surface area contributed by atoms with Crippen molar-refractivity contribution in [3.8, 4) is 0 Å². The number of rotatable bonds is 5. The molecule has 5 rings (SSSR count). The average Bonchev–Trinajstić information content (AvgIpc) is 3.39. The fourth-order valence-electron chi connectivity index (χ4n) is 3.95. The standard InChI is InChI=1S/C16H22N6S/c1-10-9-23-15(17-10)13-6-7-21(8-13)16-18-19-20-22(16)14(11-2-3-11)12-4-5-12/h9,11-14H,2-8H2,1H3. The fourth-order valence-corrected chi connectivity index (χ4v) is 4.88. The molecule has 0 N–H and O–H groups in total. The Labute approximate surface area is 139 Å². The molecule has 3 fully saturated rings. The molecule has 0 spiro atoms. The van der Waals surface area contributed by atoms with Gasteiger partial charge in [-0.05, 0) is 61.3 Å². The molecule has 7 heteroatoms. The zero-order valence-electron chi connectivity index (χ0n) is 13.4. The normalized spacial score (nSPS) is 24.8. The summed E-state index contributed by atoms with van der Waals surface area (Å²) in [6.45, 7) is 4.10. The van der Waals surface area contributed by atoms with Gasteiger partial charge in [0.15, 0.2) is 0 Å². The van der Waals surface area contributed by atoms with E-state index in [-0.39, 0.29) is 0 Å². The summed E-state index contributed by atoms with van der Waals surface area (Å²) in [6, 6.07) is 0.543. The number of anilines is 1. The number of tetrazole rings is 1. The van der Waals surface area contributed by atoms with Gasteiger partial charge in [0.2, 0.25) is 5.95 Å². The van der Waals surface area contributed by atoms with Crippen molar-refractivity contribution in [2.45, 2.75) is 51.0 Å². The Morgan fingerprint density at radius 2 is 1.96 bits per heavy atom. The molecule has 1 atom stereocenters. The van der Waals surface area contributed by atoms with Crippen LogP contribution in [0.25, 0.3) is 0 Å². The summed E-state index contributed by atoms with van der Waals surface area (Å²) in [6.07, 6.45) is 6.54. The maximum atomic E-state index is 4.68. The van der Waals surface area contributed by atoms with E-state index in [1.807, 2.05) is 0 Å². The van der Waals surface area contributed by atoms with E-state index in [0.717, 1.165) is 43.0 Å². The van der Waals surface area contributed by atoms with Crippen LogP contribution in [0.1, 0.15) is 54.8 Å². The highest BCUT2D eigenvalue weighted by molar-refractivity contribution is 7.09. The van der Waals surface area contributed by atoms with Gasteiger partial charge >= 0.3 is 0 Å². The second kappa shape index (κ2) is 5.26. The molecule has 2 aromatic heterocycles. The van der Waals surface area contributed by atoms with Crippen LogP contribution < -0.4 is 4.90 Å². The predicted molar refractivity (Wildman–Crippen MR) is 88.7 cm³/mol. The Hall–Kier alpha value is -1.50. The minimum Gasteiger partial charge on any atom is -0.339 e. The van der Waals surface area contributed by atoms with Crippen LogP contribution in [0, 0.1) is 18.8 Å². The van der Waals surface area contributed by atoms with Gasteiger partial charge in [0, 0.05) is 30.1 Å². The lowest BCUT2D eigenvalue weighted by atomic mass is 10.1. The van der Waals surface area contributed by atoms with Crippen LogP contribution >= 0.6 is 11.3 Å². The largest absolute Gasteiger partial charge is 0.339 e. The fraction of sp³-hybridized carbons (Fsp3) is 0.750. The van der Waals surface area contributed by atoms with Gasteiger partial charge < -0.3 is 4.90 Å². The van der Waals surface area contributed by atoms with Crippen LogP contribution in [0.15, 0.2) is 5.38 Å². The van der Waals surface area contributed by atoms with Gasteiger partial charge in [-0.3, -0.25) is 0 Å². The number of aromatic nitrogens is 5. The van der Waals surface area contributed by atoms with Crippen molar-refractivity contribution >= 4 is 17.3 Å².